The highest BCUT2D eigenvalue weighted by molar-refractivity contribution is 5.60. The van der Waals surface area contributed by atoms with Crippen LogP contribution in [0.1, 0.15) is 44.4 Å². The SMILES string of the molecule is CCC(C)c1ccc(-c2cc(CN)n(CC)n2)cc1. The van der Waals surface area contributed by atoms with Crippen molar-refractivity contribution in [2.75, 3.05) is 0 Å². The summed E-state index contributed by atoms with van der Waals surface area (Å²) >= 11 is 0. The summed E-state index contributed by atoms with van der Waals surface area (Å²) in [6, 6.07) is 10.8. The second-order valence-corrected chi connectivity index (χ2v) is 4.97. The van der Waals surface area contributed by atoms with Gasteiger partial charge in [0.05, 0.1) is 11.4 Å². The quantitative estimate of drug-likeness (QED) is 0.890. The molecule has 3 heteroatoms. The minimum absolute atomic E-state index is 0.534. The molecular formula is C16H23N3. The fraction of sp³-hybridized carbons (Fsp3) is 0.438. The molecule has 3 nitrogen and oxygen atoms in total. The molecule has 0 aliphatic rings. The highest BCUT2D eigenvalue weighted by Crippen LogP contribution is 2.24. The van der Waals surface area contributed by atoms with Crippen LogP contribution in [0.5, 0.6) is 0 Å². The molecule has 0 amide bonds. The van der Waals surface area contributed by atoms with Crippen molar-refractivity contribution in [2.45, 2.75) is 46.2 Å². The lowest BCUT2D eigenvalue weighted by atomic mass is 9.97. The van der Waals surface area contributed by atoms with Crippen LogP contribution in [0.2, 0.25) is 0 Å². The molecule has 0 saturated heterocycles. The van der Waals surface area contributed by atoms with Gasteiger partial charge in [-0.15, -0.1) is 0 Å². The molecule has 0 spiro atoms. The average Bonchev–Trinajstić information content (AvgIpc) is 2.89. The van der Waals surface area contributed by atoms with E-state index in [0.717, 1.165) is 23.5 Å². The second-order valence-electron chi connectivity index (χ2n) is 4.97. The Hall–Kier alpha value is -1.61. The molecule has 1 heterocycles. The maximum absolute atomic E-state index is 5.74. The van der Waals surface area contributed by atoms with Crippen molar-refractivity contribution < 1.29 is 0 Å². The van der Waals surface area contributed by atoms with Crippen molar-refractivity contribution in [1.29, 1.82) is 0 Å². The van der Waals surface area contributed by atoms with Crippen LogP contribution in [0.4, 0.5) is 0 Å². The van der Waals surface area contributed by atoms with E-state index in [1.165, 1.54) is 12.0 Å². The van der Waals surface area contributed by atoms with E-state index in [-0.39, 0.29) is 0 Å². The fourth-order valence-electron chi connectivity index (χ4n) is 2.25. The molecule has 0 saturated carbocycles. The standard InChI is InChI=1S/C16H23N3/c1-4-12(3)13-6-8-14(9-7-13)16-10-15(11-17)19(5-2)18-16/h6-10,12H,4-5,11,17H2,1-3H3. The van der Waals surface area contributed by atoms with Gasteiger partial charge in [0.2, 0.25) is 0 Å². The van der Waals surface area contributed by atoms with Crippen LogP contribution in [-0.4, -0.2) is 9.78 Å². The first-order valence-corrected chi connectivity index (χ1v) is 7.06. The van der Waals surface area contributed by atoms with Crippen molar-refractivity contribution in [3.8, 4) is 11.3 Å². The van der Waals surface area contributed by atoms with Gasteiger partial charge in [-0.2, -0.15) is 5.10 Å². The largest absolute Gasteiger partial charge is 0.325 e. The summed E-state index contributed by atoms with van der Waals surface area (Å²) in [5.74, 6) is 0.613. The Morgan fingerprint density at radius 3 is 2.37 bits per heavy atom. The van der Waals surface area contributed by atoms with Gasteiger partial charge in [-0.1, -0.05) is 38.1 Å². The zero-order valence-electron chi connectivity index (χ0n) is 12.1. The van der Waals surface area contributed by atoms with Crippen molar-refractivity contribution in [2.24, 2.45) is 5.73 Å². The number of nitrogens with two attached hydrogens (primary N) is 1. The van der Waals surface area contributed by atoms with Crippen molar-refractivity contribution in [3.05, 3.63) is 41.6 Å². The second kappa shape index (κ2) is 6.02. The molecular weight excluding hydrogens is 234 g/mol. The minimum Gasteiger partial charge on any atom is -0.325 e. The van der Waals surface area contributed by atoms with Gasteiger partial charge in [0.1, 0.15) is 0 Å². The lowest BCUT2D eigenvalue weighted by molar-refractivity contribution is 0.624. The van der Waals surface area contributed by atoms with Crippen molar-refractivity contribution >= 4 is 0 Å². The lowest BCUT2D eigenvalue weighted by Crippen LogP contribution is -2.06. The van der Waals surface area contributed by atoms with E-state index in [1.54, 1.807) is 0 Å². The van der Waals surface area contributed by atoms with E-state index in [9.17, 15) is 0 Å². The van der Waals surface area contributed by atoms with E-state index in [1.807, 2.05) is 4.68 Å². The summed E-state index contributed by atoms with van der Waals surface area (Å²) < 4.78 is 1.97. The summed E-state index contributed by atoms with van der Waals surface area (Å²) in [5, 5.41) is 4.60. The molecule has 1 aromatic carbocycles. The molecule has 1 aromatic heterocycles. The zero-order valence-corrected chi connectivity index (χ0v) is 12.1. The average molecular weight is 257 g/mol. The Labute approximate surface area is 115 Å². The molecule has 0 radical (unpaired) electrons. The van der Waals surface area contributed by atoms with E-state index in [0.29, 0.717) is 12.5 Å². The number of rotatable bonds is 5. The Morgan fingerprint density at radius 1 is 1.21 bits per heavy atom. The third-order valence-corrected chi connectivity index (χ3v) is 3.76. The Balaban J connectivity index is 2.29. The van der Waals surface area contributed by atoms with Crippen LogP contribution in [-0.2, 0) is 13.1 Å². The normalized spacial score (nSPS) is 12.6. The number of hydrogen-bond acceptors (Lipinski definition) is 2. The molecule has 2 rings (SSSR count). The molecule has 0 aliphatic heterocycles. The van der Waals surface area contributed by atoms with Gasteiger partial charge >= 0.3 is 0 Å². The van der Waals surface area contributed by atoms with Crippen LogP contribution < -0.4 is 5.73 Å². The summed E-state index contributed by atoms with van der Waals surface area (Å²) in [4.78, 5) is 0. The Kier molecular flexibility index (Phi) is 4.38. The van der Waals surface area contributed by atoms with Gasteiger partial charge < -0.3 is 5.73 Å². The van der Waals surface area contributed by atoms with Crippen LogP contribution in [0.3, 0.4) is 0 Å². The lowest BCUT2D eigenvalue weighted by Gasteiger charge is -2.08. The first-order chi connectivity index (χ1) is 9.19. The third-order valence-electron chi connectivity index (χ3n) is 3.76. The van der Waals surface area contributed by atoms with Crippen LogP contribution >= 0.6 is 0 Å². The number of aryl methyl sites for hydroxylation is 1. The molecule has 2 aromatic rings. The minimum atomic E-state index is 0.534. The number of hydrogen-bond donors (Lipinski definition) is 1. The number of benzene rings is 1. The predicted molar refractivity (Wildman–Crippen MR) is 79.9 cm³/mol. The molecule has 2 N–H and O–H groups in total. The predicted octanol–water partition coefficient (Wildman–Crippen LogP) is 3.54. The summed E-state index contributed by atoms with van der Waals surface area (Å²) in [6.07, 6.45) is 1.17. The van der Waals surface area contributed by atoms with Crippen LogP contribution in [0, 0.1) is 0 Å². The van der Waals surface area contributed by atoms with Gasteiger partial charge in [-0.25, -0.2) is 0 Å². The first-order valence-electron chi connectivity index (χ1n) is 7.06. The van der Waals surface area contributed by atoms with E-state index in [4.69, 9.17) is 5.73 Å². The summed E-state index contributed by atoms with van der Waals surface area (Å²) in [5.41, 5.74) is 10.4. The first kappa shape index (κ1) is 13.8. The topological polar surface area (TPSA) is 43.8 Å². The maximum Gasteiger partial charge on any atom is 0.0926 e. The highest BCUT2D eigenvalue weighted by Gasteiger charge is 2.08. The zero-order chi connectivity index (χ0) is 13.8. The van der Waals surface area contributed by atoms with E-state index >= 15 is 0 Å². The molecule has 0 fully saturated rings. The molecule has 102 valence electrons. The summed E-state index contributed by atoms with van der Waals surface area (Å²) in [6.45, 7) is 7.95. The van der Waals surface area contributed by atoms with Gasteiger partial charge in [0.25, 0.3) is 0 Å². The van der Waals surface area contributed by atoms with Crippen molar-refractivity contribution in [3.63, 3.8) is 0 Å². The van der Waals surface area contributed by atoms with Gasteiger partial charge in [-0.05, 0) is 30.9 Å². The molecule has 19 heavy (non-hydrogen) atoms. The third kappa shape index (κ3) is 2.87. The number of aromatic nitrogens is 2. The molecule has 1 unspecified atom stereocenters. The van der Waals surface area contributed by atoms with Crippen LogP contribution in [0.15, 0.2) is 30.3 Å². The van der Waals surface area contributed by atoms with Crippen LogP contribution in [0.25, 0.3) is 11.3 Å². The molecule has 0 bridgehead atoms. The van der Waals surface area contributed by atoms with E-state index in [2.05, 4.69) is 56.2 Å². The van der Waals surface area contributed by atoms with Crippen molar-refractivity contribution in [1.82, 2.24) is 9.78 Å². The fourth-order valence-corrected chi connectivity index (χ4v) is 2.25. The summed E-state index contributed by atoms with van der Waals surface area (Å²) in [7, 11) is 0. The van der Waals surface area contributed by atoms with Gasteiger partial charge in [-0.3, -0.25) is 4.68 Å². The molecule has 0 aliphatic carbocycles. The van der Waals surface area contributed by atoms with Gasteiger partial charge in [0.15, 0.2) is 0 Å². The van der Waals surface area contributed by atoms with E-state index < -0.39 is 0 Å². The molecule has 1 atom stereocenters. The monoisotopic (exact) mass is 257 g/mol. The smallest absolute Gasteiger partial charge is 0.0926 e. The Bertz CT molecular complexity index is 504. The number of nitrogens with zero attached hydrogens (tertiary/aromatic N) is 2. The maximum atomic E-state index is 5.74. The Morgan fingerprint density at radius 2 is 1.89 bits per heavy atom. The highest BCUT2D eigenvalue weighted by atomic mass is 15.3. The van der Waals surface area contributed by atoms with Gasteiger partial charge in [0, 0.05) is 18.7 Å².